The normalized spacial score (nSPS) is 10.7. The molecular formula is C12H16N4O3S. The molecule has 20 heavy (non-hydrogen) atoms. The van der Waals surface area contributed by atoms with Crippen LogP contribution in [0.2, 0.25) is 0 Å². The number of nitrogens with zero attached hydrogens (tertiary/aromatic N) is 3. The number of hydrogen-bond acceptors (Lipinski definition) is 7. The zero-order chi connectivity index (χ0) is 14.5. The van der Waals surface area contributed by atoms with E-state index in [0.29, 0.717) is 41.3 Å². The van der Waals surface area contributed by atoms with Gasteiger partial charge in [0.25, 0.3) is 0 Å². The molecule has 0 fully saturated rings. The number of imidazole rings is 1. The maximum Gasteiger partial charge on any atom is 0.350 e. The minimum Gasteiger partial charge on any atom is -0.462 e. The van der Waals surface area contributed by atoms with Gasteiger partial charge in [-0.2, -0.15) is 0 Å². The Hall–Kier alpha value is -1.93. The molecule has 0 amide bonds. The van der Waals surface area contributed by atoms with Crippen molar-refractivity contribution in [2.45, 2.75) is 13.5 Å². The summed E-state index contributed by atoms with van der Waals surface area (Å²) in [5, 5.41) is 0.310. The van der Waals surface area contributed by atoms with Gasteiger partial charge in [0.1, 0.15) is 10.6 Å². The second kappa shape index (κ2) is 6.49. The third-order valence-corrected chi connectivity index (χ3v) is 3.43. The van der Waals surface area contributed by atoms with Crippen LogP contribution in [0.15, 0.2) is 12.4 Å². The van der Waals surface area contributed by atoms with Crippen molar-refractivity contribution in [2.75, 3.05) is 26.1 Å². The lowest BCUT2D eigenvalue weighted by Crippen LogP contribution is -2.08. The molecule has 0 saturated carbocycles. The minimum atomic E-state index is -0.432. The predicted molar refractivity (Wildman–Crippen MR) is 75.6 cm³/mol. The number of nitrogens with two attached hydrogens (primary N) is 1. The van der Waals surface area contributed by atoms with Crippen molar-refractivity contribution < 1.29 is 14.3 Å². The van der Waals surface area contributed by atoms with Crippen molar-refractivity contribution >= 4 is 22.4 Å². The summed E-state index contributed by atoms with van der Waals surface area (Å²) in [6.07, 6.45) is 3.45. The number of anilines is 1. The maximum atomic E-state index is 11.9. The van der Waals surface area contributed by atoms with Gasteiger partial charge in [0, 0.05) is 26.0 Å². The van der Waals surface area contributed by atoms with Gasteiger partial charge in [-0.1, -0.05) is 11.3 Å². The number of rotatable bonds is 6. The Morgan fingerprint density at radius 2 is 2.35 bits per heavy atom. The van der Waals surface area contributed by atoms with E-state index in [1.54, 1.807) is 26.4 Å². The van der Waals surface area contributed by atoms with Crippen molar-refractivity contribution in [2.24, 2.45) is 0 Å². The summed E-state index contributed by atoms with van der Waals surface area (Å²) in [7, 11) is 1.63. The Labute approximate surface area is 120 Å². The fraction of sp³-hybridized carbons (Fsp3) is 0.417. The van der Waals surface area contributed by atoms with Crippen LogP contribution in [0.4, 0.5) is 5.13 Å². The minimum absolute atomic E-state index is 0.300. The molecule has 0 unspecified atom stereocenters. The summed E-state index contributed by atoms with van der Waals surface area (Å²) in [6.45, 7) is 3.21. The Morgan fingerprint density at radius 1 is 1.55 bits per heavy atom. The average Bonchev–Trinajstić information content (AvgIpc) is 3.02. The summed E-state index contributed by atoms with van der Waals surface area (Å²) in [4.78, 5) is 20.7. The highest BCUT2D eigenvalue weighted by Gasteiger charge is 2.22. The molecule has 0 bridgehead atoms. The molecule has 0 spiro atoms. The van der Waals surface area contributed by atoms with Gasteiger partial charge in [0.2, 0.25) is 0 Å². The second-order valence-electron chi connectivity index (χ2n) is 3.89. The lowest BCUT2D eigenvalue weighted by molar-refractivity contribution is 0.0532. The van der Waals surface area contributed by atoms with Crippen LogP contribution < -0.4 is 5.73 Å². The molecule has 0 radical (unpaired) electrons. The average molecular weight is 296 g/mol. The van der Waals surface area contributed by atoms with E-state index in [4.69, 9.17) is 15.2 Å². The molecule has 2 N–H and O–H groups in total. The van der Waals surface area contributed by atoms with E-state index in [0.717, 1.165) is 11.3 Å². The first kappa shape index (κ1) is 14.5. The maximum absolute atomic E-state index is 11.9. The summed E-state index contributed by atoms with van der Waals surface area (Å²) in [6, 6.07) is 0. The molecule has 2 heterocycles. The van der Waals surface area contributed by atoms with Gasteiger partial charge in [0.15, 0.2) is 11.0 Å². The molecule has 8 heteroatoms. The van der Waals surface area contributed by atoms with Crippen LogP contribution >= 0.6 is 11.3 Å². The number of carbonyl (C=O) groups is 1. The van der Waals surface area contributed by atoms with Crippen LogP contribution in [0.25, 0.3) is 11.5 Å². The van der Waals surface area contributed by atoms with Crippen molar-refractivity contribution in [3.05, 3.63) is 17.3 Å². The van der Waals surface area contributed by atoms with Crippen LogP contribution in [0.3, 0.4) is 0 Å². The number of methoxy groups -OCH3 is 1. The van der Waals surface area contributed by atoms with E-state index in [9.17, 15) is 4.79 Å². The molecule has 0 atom stereocenters. The van der Waals surface area contributed by atoms with Gasteiger partial charge in [-0.05, 0) is 6.92 Å². The van der Waals surface area contributed by atoms with Crippen LogP contribution in [0, 0.1) is 0 Å². The highest BCUT2D eigenvalue weighted by Crippen LogP contribution is 2.29. The van der Waals surface area contributed by atoms with E-state index in [1.165, 1.54) is 0 Å². The number of nitrogen functional groups attached to an aromatic ring is 1. The number of aromatic nitrogens is 3. The molecule has 0 saturated heterocycles. The van der Waals surface area contributed by atoms with Crippen LogP contribution in [-0.4, -0.2) is 40.8 Å². The summed E-state index contributed by atoms with van der Waals surface area (Å²) >= 11 is 1.10. The Kier molecular flexibility index (Phi) is 4.70. The topological polar surface area (TPSA) is 92.3 Å². The van der Waals surface area contributed by atoms with E-state index in [-0.39, 0.29) is 0 Å². The first-order valence-corrected chi connectivity index (χ1v) is 6.92. The predicted octanol–water partition coefficient (Wildman–Crippen LogP) is 1.41. The van der Waals surface area contributed by atoms with Crippen molar-refractivity contribution in [1.82, 2.24) is 14.5 Å². The first-order chi connectivity index (χ1) is 9.67. The molecule has 2 aromatic rings. The van der Waals surface area contributed by atoms with Crippen LogP contribution in [0.1, 0.15) is 16.6 Å². The van der Waals surface area contributed by atoms with Gasteiger partial charge >= 0.3 is 5.97 Å². The van der Waals surface area contributed by atoms with E-state index < -0.39 is 5.97 Å². The molecule has 0 aliphatic rings. The standard InChI is InChI=1S/C12H16N4O3S/c1-3-19-11(17)9-8(15-12(13)20-9)10-14-4-5-16(10)6-7-18-2/h4-5H,3,6-7H2,1-2H3,(H2,13,15). The number of carbonyl (C=O) groups excluding carboxylic acids is 1. The van der Waals surface area contributed by atoms with Crippen molar-refractivity contribution in [3.63, 3.8) is 0 Å². The number of ether oxygens (including phenoxy) is 2. The van der Waals surface area contributed by atoms with Gasteiger partial charge in [0.05, 0.1) is 13.2 Å². The van der Waals surface area contributed by atoms with Crippen molar-refractivity contribution in [3.8, 4) is 11.5 Å². The van der Waals surface area contributed by atoms with Crippen LogP contribution in [-0.2, 0) is 16.0 Å². The van der Waals surface area contributed by atoms with E-state index >= 15 is 0 Å². The fourth-order valence-electron chi connectivity index (χ4n) is 1.72. The highest BCUT2D eigenvalue weighted by molar-refractivity contribution is 7.17. The lowest BCUT2D eigenvalue weighted by Gasteiger charge is -2.06. The Bertz CT molecular complexity index is 593. The molecule has 2 rings (SSSR count). The Balaban J connectivity index is 2.37. The number of hydrogen-bond donors (Lipinski definition) is 1. The second-order valence-corrected chi connectivity index (χ2v) is 4.92. The third kappa shape index (κ3) is 2.97. The largest absolute Gasteiger partial charge is 0.462 e. The van der Waals surface area contributed by atoms with Gasteiger partial charge in [-0.3, -0.25) is 0 Å². The molecule has 0 aromatic carbocycles. The molecule has 0 aliphatic carbocycles. The van der Waals surface area contributed by atoms with Gasteiger partial charge < -0.3 is 19.8 Å². The van der Waals surface area contributed by atoms with Crippen molar-refractivity contribution in [1.29, 1.82) is 0 Å². The molecule has 7 nitrogen and oxygen atoms in total. The molecule has 108 valence electrons. The molecule has 0 aliphatic heterocycles. The monoisotopic (exact) mass is 296 g/mol. The zero-order valence-electron chi connectivity index (χ0n) is 11.3. The number of esters is 1. The highest BCUT2D eigenvalue weighted by atomic mass is 32.1. The zero-order valence-corrected chi connectivity index (χ0v) is 12.1. The summed E-state index contributed by atoms with van der Waals surface area (Å²) in [5.41, 5.74) is 6.16. The summed E-state index contributed by atoms with van der Waals surface area (Å²) in [5.74, 6) is 0.149. The number of thiazole rings is 1. The Morgan fingerprint density at radius 3 is 3.05 bits per heavy atom. The quantitative estimate of drug-likeness (QED) is 0.810. The van der Waals surface area contributed by atoms with E-state index in [2.05, 4.69) is 9.97 Å². The van der Waals surface area contributed by atoms with E-state index in [1.807, 2.05) is 4.57 Å². The first-order valence-electron chi connectivity index (χ1n) is 6.11. The SMILES string of the molecule is CCOC(=O)c1sc(N)nc1-c1nccn1CCOC. The molecular weight excluding hydrogens is 280 g/mol. The van der Waals surface area contributed by atoms with Crippen LogP contribution in [0.5, 0.6) is 0 Å². The lowest BCUT2D eigenvalue weighted by atomic mass is 10.3. The van der Waals surface area contributed by atoms with Gasteiger partial charge in [-0.15, -0.1) is 0 Å². The molecule has 2 aromatic heterocycles. The smallest absolute Gasteiger partial charge is 0.350 e. The van der Waals surface area contributed by atoms with Gasteiger partial charge in [-0.25, -0.2) is 14.8 Å². The fourth-order valence-corrected chi connectivity index (χ4v) is 2.44. The summed E-state index contributed by atoms with van der Waals surface area (Å²) < 4.78 is 11.9. The third-order valence-electron chi connectivity index (χ3n) is 2.57.